The van der Waals surface area contributed by atoms with Crippen LogP contribution in [0.15, 0.2) is 6.33 Å². The zero-order valence-electron chi connectivity index (χ0n) is 11.9. The number of rotatable bonds is 5. The van der Waals surface area contributed by atoms with Crippen LogP contribution in [0.2, 0.25) is 0 Å². The number of nitrogens with one attached hydrogen (secondary N) is 1. The van der Waals surface area contributed by atoms with E-state index in [1.807, 2.05) is 25.3 Å². The molecule has 6 nitrogen and oxygen atoms in total. The number of ether oxygens (including phenoxy) is 1. The lowest BCUT2D eigenvalue weighted by Crippen LogP contribution is -2.44. The van der Waals surface area contributed by atoms with Gasteiger partial charge in [-0.15, -0.1) is 10.2 Å². The van der Waals surface area contributed by atoms with Gasteiger partial charge in [0, 0.05) is 13.2 Å². The van der Waals surface area contributed by atoms with Gasteiger partial charge >= 0.3 is 0 Å². The minimum absolute atomic E-state index is 0.171. The molecule has 1 atom stereocenters. The van der Waals surface area contributed by atoms with E-state index in [0.717, 1.165) is 5.82 Å². The van der Waals surface area contributed by atoms with E-state index in [9.17, 15) is 4.79 Å². The second-order valence-corrected chi connectivity index (χ2v) is 5.10. The first-order valence-electron chi connectivity index (χ1n) is 6.05. The second-order valence-electron chi connectivity index (χ2n) is 5.10. The van der Waals surface area contributed by atoms with Crippen molar-refractivity contribution in [2.24, 2.45) is 0 Å². The van der Waals surface area contributed by atoms with Crippen molar-refractivity contribution in [3.63, 3.8) is 0 Å². The molecular weight excluding hydrogens is 232 g/mol. The lowest BCUT2D eigenvalue weighted by atomic mass is 10.1. The Morgan fingerprint density at radius 1 is 1.44 bits per heavy atom. The Hall–Kier alpha value is -1.43. The van der Waals surface area contributed by atoms with Crippen molar-refractivity contribution >= 4 is 5.91 Å². The maximum absolute atomic E-state index is 12.0. The van der Waals surface area contributed by atoms with Gasteiger partial charge in [0.05, 0.1) is 6.04 Å². The number of nitrogens with zero attached hydrogens (tertiary/aromatic N) is 3. The standard InChI is InChI=1S/C12H22N4O2/c1-8(2)16-7-13-15-10(16)9(3)14-11(17)12(4,5)18-6/h7-9H,1-6H3,(H,14,17). The third-order valence-corrected chi connectivity index (χ3v) is 2.95. The van der Waals surface area contributed by atoms with E-state index in [1.165, 1.54) is 7.11 Å². The predicted octanol–water partition coefficient (Wildman–Crippen LogP) is 1.46. The van der Waals surface area contributed by atoms with Crippen molar-refractivity contribution in [2.45, 2.75) is 52.3 Å². The summed E-state index contributed by atoms with van der Waals surface area (Å²) in [6.07, 6.45) is 1.67. The van der Waals surface area contributed by atoms with Gasteiger partial charge in [-0.05, 0) is 34.6 Å². The van der Waals surface area contributed by atoms with Crippen molar-refractivity contribution in [1.82, 2.24) is 20.1 Å². The Bertz CT molecular complexity index is 412. The Kier molecular flexibility index (Phi) is 4.45. The van der Waals surface area contributed by atoms with Crippen molar-refractivity contribution < 1.29 is 9.53 Å². The second kappa shape index (κ2) is 5.48. The number of methoxy groups -OCH3 is 1. The summed E-state index contributed by atoms with van der Waals surface area (Å²) in [7, 11) is 1.51. The molecule has 6 heteroatoms. The average molecular weight is 254 g/mol. The summed E-state index contributed by atoms with van der Waals surface area (Å²) in [5.74, 6) is 0.570. The van der Waals surface area contributed by atoms with Crippen molar-refractivity contribution in [3.8, 4) is 0 Å². The molecule has 1 aromatic heterocycles. The summed E-state index contributed by atoms with van der Waals surface area (Å²) in [5, 5.41) is 10.8. The zero-order chi connectivity index (χ0) is 13.9. The van der Waals surface area contributed by atoms with Gasteiger partial charge in [0.25, 0.3) is 5.91 Å². The molecule has 0 fully saturated rings. The quantitative estimate of drug-likeness (QED) is 0.863. The number of amides is 1. The SMILES string of the molecule is COC(C)(C)C(=O)NC(C)c1nncn1C(C)C. The molecule has 0 bridgehead atoms. The number of hydrogen-bond acceptors (Lipinski definition) is 4. The molecule has 0 aliphatic heterocycles. The third kappa shape index (κ3) is 3.07. The van der Waals surface area contributed by atoms with Crippen molar-refractivity contribution in [3.05, 3.63) is 12.2 Å². The molecule has 1 rings (SSSR count). The van der Waals surface area contributed by atoms with E-state index in [1.54, 1.807) is 20.2 Å². The number of aromatic nitrogens is 3. The molecule has 0 saturated heterocycles. The summed E-state index contributed by atoms with van der Waals surface area (Å²) in [6.45, 7) is 9.41. The summed E-state index contributed by atoms with van der Waals surface area (Å²) in [5.41, 5.74) is -0.850. The highest BCUT2D eigenvalue weighted by Gasteiger charge is 2.29. The summed E-state index contributed by atoms with van der Waals surface area (Å²) in [4.78, 5) is 12.0. The topological polar surface area (TPSA) is 69.0 Å². The van der Waals surface area contributed by atoms with Gasteiger partial charge in [-0.1, -0.05) is 0 Å². The first kappa shape index (κ1) is 14.6. The van der Waals surface area contributed by atoms with Crippen LogP contribution in [-0.2, 0) is 9.53 Å². The van der Waals surface area contributed by atoms with Crippen LogP contribution >= 0.6 is 0 Å². The molecule has 18 heavy (non-hydrogen) atoms. The lowest BCUT2D eigenvalue weighted by molar-refractivity contribution is -0.140. The highest BCUT2D eigenvalue weighted by atomic mass is 16.5. The molecule has 0 aliphatic rings. The van der Waals surface area contributed by atoms with Gasteiger partial charge in [0.15, 0.2) is 5.82 Å². The van der Waals surface area contributed by atoms with E-state index in [4.69, 9.17) is 4.74 Å². The van der Waals surface area contributed by atoms with Crippen LogP contribution in [0, 0.1) is 0 Å². The largest absolute Gasteiger partial charge is 0.369 e. The van der Waals surface area contributed by atoms with Gasteiger partial charge in [-0.2, -0.15) is 0 Å². The van der Waals surface area contributed by atoms with Crippen LogP contribution in [0.4, 0.5) is 0 Å². The molecule has 0 aliphatic carbocycles. The summed E-state index contributed by atoms with van der Waals surface area (Å²) >= 11 is 0. The number of carbonyl (C=O) groups excluding carboxylic acids is 1. The molecule has 1 N–H and O–H groups in total. The molecule has 1 amide bonds. The van der Waals surface area contributed by atoms with Gasteiger partial charge in [0.2, 0.25) is 0 Å². The van der Waals surface area contributed by atoms with Crippen LogP contribution in [0.3, 0.4) is 0 Å². The predicted molar refractivity (Wildman–Crippen MR) is 68.1 cm³/mol. The minimum Gasteiger partial charge on any atom is -0.369 e. The number of carbonyl (C=O) groups is 1. The van der Waals surface area contributed by atoms with Crippen LogP contribution in [0.25, 0.3) is 0 Å². The minimum atomic E-state index is -0.850. The molecular formula is C12H22N4O2. The van der Waals surface area contributed by atoms with E-state index in [2.05, 4.69) is 15.5 Å². The van der Waals surface area contributed by atoms with Crippen LogP contribution in [0.1, 0.15) is 52.5 Å². The smallest absolute Gasteiger partial charge is 0.252 e. The fraction of sp³-hybridized carbons (Fsp3) is 0.750. The molecule has 1 heterocycles. The fourth-order valence-electron chi connectivity index (χ4n) is 1.49. The van der Waals surface area contributed by atoms with Gasteiger partial charge in [-0.25, -0.2) is 0 Å². The maximum Gasteiger partial charge on any atom is 0.252 e. The molecule has 0 spiro atoms. The van der Waals surface area contributed by atoms with Gasteiger partial charge in [-0.3, -0.25) is 4.79 Å². The Balaban J connectivity index is 2.80. The molecule has 0 saturated carbocycles. The van der Waals surface area contributed by atoms with Crippen LogP contribution in [0.5, 0.6) is 0 Å². The zero-order valence-corrected chi connectivity index (χ0v) is 11.9. The Morgan fingerprint density at radius 2 is 2.06 bits per heavy atom. The first-order chi connectivity index (χ1) is 8.29. The maximum atomic E-state index is 12.0. The first-order valence-corrected chi connectivity index (χ1v) is 6.05. The van der Waals surface area contributed by atoms with Gasteiger partial charge < -0.3 is 14.6 Å². The highest BCUT2D eigenvalue weighted by Crippen LogP contribution is 2.16. The normalized spacial score (nSPS) is 13.7. The van der Waals surface area contributed by atoms with Crippen molar-refractivity contribution in [1.29, 1.82) is 0 Å². The third-order valence-electron chi connectivity index (χ3n) is 2.95. The van der Waals surface area contributed by atoms with Crippen LogP contribution < -0.4 is 5.32 Å². The lowest BCUT2D eigenvalue weighted by Gasteiger charge is -2.24. The Labute approximate surface area is 108 Å². The fourth-order valence-corrected chi connectivity index (χ4v) is 1.49. The molecule has 102 valence electrons. The van der Waals surface area contributed by atoms with Crippen molar-refractivity contribution in [2.75, 3.05) is 7.11 Å². The van der Waals surface area contributed by atoms with E-state index in [-0.39, 0.29) is 18.0 Å². The number of hydrogen-bond donors (Lipinski definition) is 1. The van der Waals surface area contributed by atoms with E-state index in [0.29, 0.717) is 0 Å². The van der Waals surface area contributed by atoms with Gasteiger partial charge in [0.1, 0.15) is 11.9 Å². The summed E-state index contributed by atoms with van der Waals surface area (Å²) < 4.78 is 7.08. The van der Waals surface area contributed by atoms with Crippen LogP contribution in [-0.4, -0.2) is 33.4 Å². The molecule has 0 aromatic carbocycles. The van der Waals surface area contributed by atoms with E-state index >= 15 is 0 Å². The molecule has 1 unspecified atom stereocenters. The monoisotopic (exact) mass is 254 g/mol. The average Bonchev–Trinajstić information content (AvgIpc) is 2.77. The van der Waals surface area contributed by atoms with E-state index < -0.39 is 5.60 Å². The molecule has 0 radical (unpaired) electrons. The summed E-state index contributed by atoms with van der Waals surface area (Å²) in [6, 6.07) is 0.0432. The molecule has 1 aromatic rings. The Morgan fingerprint density at radius 3 is 2.56 bits per heavy atom. The highest BCUT2D eigenvalue weighted by molar-refractivity contribution is 5.84.